The van der Waals surface area contributed by atoms with Gasteiger partial charge in [0.1, 0.15) is 0 Å². The van der Waals surface area contributed by atoms with Crippen molar-refractivity contribution in [3.05, 3.63) is 28.5 Å². The molecule has 0 bridgehead atoms. The first kappa shape index (κ1) is 13.0. The van der Waals surface area contributed by atoms with Gasteiger partial charge < -0.3 is 5.32 Å². The summed E-state index contributed by atoms with van der Waals surface area (Å²) in [7, 11) is 0. The SMILES string of the molecule is CCC1CCCC(NCc2cncc(Br)c2)C1. The topological polar surface area (TPSA) is 24.9 Å². The molecule has 0 saturated heterocycles. The molecule has 0 spiro atoms. The molecule has 0 radical (unpaired) electrons. The summed E-state index contributed by atoms with van der Waals surface area (Å²) in [5.41, 5.74) is 1.26. The van der Waals surface area contributed by atoms with Gasteiger partial charge in [0.25, 0.3) is 0 Å². The van der Waals surface area contributed by atoms with Crippen molar-refractivity contribution in [3.63, 3.8) is 0 Å². The van der Waals surface area contributed by atoms with Gasteiger partial charge in [0, 0.05) is 29.5 Å². The van der Waals surface area contributed by atoms with Crippen LogP contribution in [-0.4, -0.2) is 11.0 Å². The number of nitrogens with zero attached hydrogens (tertiary/aromatic N) is 1. The number of hydrogen-bond acceptors (Lipinski definition) is 2. The Morgan fingerprint density at radius 1 is 1.41 bits per heavy atom. The number of hydrogen-bond donors (Lipinski definition) is 1. The first-order chi connectivity index (χ1) is 8.28. The molecule has 0 amide bonds. The maximum Gasteiger partial charge on any atom is 0.0410 e. The molecule has 94 valence electrons. The third-order valence-electron chi connectivity index (χ3n) is 3.72. The molecule has 1 aromatic rings. The fourth-order valence-electron chi connectivity index (χ4n) is 2.66. The fourth-order valence-corrected chi connectivity index (χ4v) is 3.07. The number of halogens is 1. The minimum absolute atomic E-state index is 0.702. The van der Waals surface area contributed by atoms with Crippen LogP contribution in [0.4, 0.5) is 0 Å². The summed E-state index contributed by atoms with van der Waals surface area (Å²) in [5.74, 6) is 0.932. The number of nitrogens with one attached hydrogen (secondary N) is 1. The van der Waals surface area contributed by atoms with Gasteiger partial charge in [-0.3, -0.25) is 4.98 Å². The zero-order valence-electron chi connectivity index (χ0n) is 10.5. The van der Waals surface area contributed by atoms with Crippen molar-refractivity contribution in [2.24, 2.45) is 5.92 Å². The summed E-state index contributed by atoms with van der Waals surface area (Å²) in [6, 6.07) is 2.84. The third-order valence-corrected chi connectivity index (χ3v) is 4.15. The highest BCUT2D eigenvalue weighted by molar-refractivity contribution is 9.10. The smallest absolute Gasteiger partial charge is 0.0410 e. The molecule has 0 aromatic carbocycles. The van der Waals surface area contributed by atoms with Crippen molar-refractivity contribution in [2.45, 2.75) is 51.6 Å². The second-order valence-corrected chi connectivity index (χ2v) is 5.95. The Morgan fingerprint density at radius 3 is 3.06 bits per heavy atom. The highest BCUT2D eigenvalue weighted by atomic mass is 79.9. The zero-order valence-corrected chi connectivity index (χ0v) is 12.0. The molecule has 0 aliphatic heterocycles. The van der Waals surface area contributed by atoms with Crippen LogP contribution in [-0.2, 0) is 6.54 Å². The Morgan fingerprint density at radius 2 is 2.29 bits per heavy atom. The molecule has 1 aromatic heterocycles. The Hall–Kier alpha value is -0.410. The standard InChI is InChI=1S/C14H21BrN2/c1-2-11-4-3-5-14(7-11)17-9-12-6-13(15)10-16-8-12/h6,8,10-11,14,17H,2-5,7,9H2,1H3. The van der Waals surface area contributed by atoms with E-state index in [1.54, 1.807) is 0 Å². The average Bonchev–Trinajstić information content (AvgIpc) is 2.37. The van der Waals surface area contributed by atoms with E-state index in [-0.39, 0.29) is 0 Å². The minimum Gasteiger partial charge on any atom is -0.310 e. The van der Waals surface area contributed by atoms with Crippen LogP contribution in [0.2, 0.25) is 0 Å². The lowest BCUT2D eigenvalue weighted by molar-refractivity contribution is 0.278. The highest BCUT2D eigenvalue weighted by Crippen LogP contribution is 2.26. The molecule has 1 aliphatic carbocycles. The predicted molar refractivity (Wildman–Crippen MR) is 74.8 cm³/mol. The normalized spacial score (nSPS) is 24.8. The molecule has 1 aliphatic rings. The van der Waals surface area contributed by atoms with E-state index < -0.39 is 0 Å². The van der Waals surface area contributed by atoms with E-state index in [2.05, 4.69) is 39.2 Å². The molecule has 2 nitrogen and oxygen atoms in total. The fraction of sp³-hybridized carbons (Fsp3) is 0.643. The first-order valence-corrected chi connectivity index (χ1v) is 7.40. The quantitative estimate of drug-likeness (QED) is 0.911. The molecule has 2 rings (SSSR count). The van der Waals surface area contributed by atoms with Gasteiger partial charge in [-0.25, -0.2) is 0 Å². The van der Waals surface area contributed by atoms with Gasteiger partial charge in [0.15, 0.2) is 0 Å². The first-order valence-electron chi connectivity index (χ1n) is 6.60. The van der Waals surface area contributed by atoms with Crippen LogP contribution < -0.4 is 5.32 Å². The van der Waals surface area contributed by atoms with Crippen LogP contribution in [0, 0.1) is 5.92 Å². The van der Waals surface area contributed by atoms with E-state index in [1.807, 2.05) is 12.4 Å². The number of rotatable bonds is 4. The summed E-state index contributed by atoms with van der Waals surface area (Å²) < 4.78 is 1.06. The molecule has 2 unspecified atom stereocenters. The number of aromatic nitrogens is 1. The lowest BCUT2D eigenvalue weighted by atomic mass is 9.84. The van der Waals surface area contributed by atoms with Gasteiger partial charge in [0.2, 0.25) is 0 Å². The van der Waals surface area contributed by atoms with Gasteiger partial charge in [-0.2, -0.15) is 0 Å². The second kappa shape index (κ2) is 6.50. The summed E-state index contributed by atoms with van der Waals surface area (Å²) in [6.07, 6.45) is 10.6. The van der Waals surface area contributed by atoms with Gasteiger partial charge in [-0.15, -0.1) is 0 Å². The van der Waals surface area contributed by atoms with Crippen molar-refractivity contribution in [3.8, 4) is 0 Å². The summed E-state index contributed by atoms with van der Waals surface area (Å²) in [6.45, 7) is 3.25. The van der Waals surface area contributed by atoms with Crippen molar-refractivity contribution in [1.29, 1.82) is 0 Å². The molecular weight excluding hydrogens is 276 g/mol. The van der Waals surface area contributed by atoms with E-state index in [0.29, 0.717) is 6.04 Å². The van der Waals surface area contributed by atoms with Crippen molar-refractivity contribution in [2.75, 3.05) is 0 Å². The van der Waals surface area contributed by atoms with Gasteiger partial charge in [0.05, 0.1) is 0 Å². The maximum atomic E-state index is 4.19. The van der Waals surface area contributed by atoms with Crippen LogP contribution in [0.5, 0.6) is 0 Å². The van der Waals surface area contributed by atoms with Crippen molar-refractivity contribution < 1.29 is 0 Å². The van der Waals surface area contributed by atoms with E-state index in [9.17, 15) is 0 Å². The zero-order chi connectivity index (χ0) is 12.1. The summed E-state index contributed by atoms with van der Waals surface area (Å²) in [5, 5.41) is 3.67. The van der Waals surface area contributed by atoms with Crippen LogP contribution in [0.3, 0.4) is 0 Å². The second-order valence-electron chi connectivity index (χ2n) is 5.03. The molecule has 1 N–H and O–H groups in total. The number of pyridine rings is 1. The molecule has 1 fully saturated rings. The highest BCUT2D eigenvalue weighted by Gasteiger charge is 2.19. The molecular formula is C14H21BrN2. The summed E-state index contributed by atoms with van der Waals surface area (Å²) >= 11 is 3.46. The van der Waals surface area contributed by atoms with Gasteiger partial charge in [-0.05, 0) is 46.3 Å². The largest absolute Gasteiger partial charge is 0.310 e. The average molecular weight is 297 g/mol. The Labute approximate surface area is 112 Å². The van der Waals surface area contributed by atoms with Crippen molar-refractivity contribution >= 4 is 15.9 Å². The van der Waals surface area contributed by atoms with Gasteiger partial charge >= 0.3 is 0 Å². The molecule has 1 saturated carbocycles. The third kappa shape index (κ3) is 4.07. The van der Waals surface area contributed by atoms with Crippen molar-refractivity contribution in [1.82, 2.24) is 10.3 Å². The van der Waals surface area contributed by atoms with Crippen LogP contribution in [0.25, 0.3) is 0 Å². The van der Waals surface area contributed by atoms with Crippen LogP contribution >= 0.6 is 15.9 Å². The van der Waals surface area contributed by atoms with E-state index in [4.69, 9.17) is 0 Å². The molecule has 3 heteroatoms. The molecule has 2 atom stereocenters. The lowest BCUT2D eigenvalue weighted by Crippen LogP contribution is -2.33. The van der Waals surface area contributed by atoms with E-state index >= 15 is 0 Å². The lowest BCUT2D eigenvalue weighted by Gasteiger charge is -2.29. The molecule has 17 heavy (non-hydrogen) atoms. The minimum atomic E-state index is 0.702. The van der Waals surface area contributed by atoms with Gasteiger partial charge in [-0.1, -0.05) is 26.2 Å². The predicted octanol–water partition coefficient (Wildman–Crippen LogP) is 3.90. The Kier molecular flexibility index (Phi) is 4.99. The maximum absolute atomic E-state index is 4.19. The molecule has 1 heterocycles. The van der Waals surface area contributed by atoms with E-state index in [1.165, 1.54) is 37.7 Å². The van der Waals surface area contributed by atoms with E-state index in [0.717, 1.165) is 16.9 Å². The Bertz CT molecular complexity index is 354. The van der Waals surface area contributed by atoms with Crippen LogP contribution in [0.15, 0.2) is 22.9 Å². The monoisotopic (exact) mass is 296 g/mol. The van der Waals surface area contributed by atoms with Crippen LogP contribution in [0.1, 0.15) is 44.6 Å². The summed E-state index contributed by atoms with van der Waals surface area (Å²) in [4.78, 5) is 4.19. The Balaban J connectivity index is 1.81.